The second-order valence-electron chi connectivity index (χ2n) is 7.67. The summed E-state index contributed by atoms with van der Waals surface area (Å²) in [6, 6.07) is 14.2. The van der Waals surface area contributed by atoms with Crippen LogP contribution in [0.15, 0.2) is 73.3 Å². The molecule has 0 radical (unpaired) electrons. The van der Waals surface area contributed by atoms with Crippen molar-refractivity contribution < 1.29 is 14.7 Å². The Hall–Kier alpha value is -3.38. The van der Waals surface area contributed by atoms with E-state index in [2.05, 4.69) is 15.3 Å². The van der Waals surface area contributed by atoms with Gasteiger partial charge in [0.25, 0.3) is 0 Å². The van der Waals surface area contributed by atoms with Crippen LogP contribution in [0.5, 0.6) is 0 Å². The van der Waals surface area contributed by atoms with Crippen molar-refractivity contribution in [2.75, 3.05) is 5.32 Å². The number of Topliss-reactive ketones (excluding diaryl/α,β-unsaturated/α-hetero) is 1. The molecule has 4 unspecified atom stereocenters. The van der Waals surface area contributed by atoms with Crippen molar-refractivity contribution in [3.8, 4) is 0 Å². The molecule has 2 aliphatic rings. The van der Waals surface area contributed by atoms with Gasteiger partial charge in [0, 0.05) is 41.8 Å². The van der Waals surface area contributed by atoms with Crippen LogP contribution < -0.4 is 5.32 Å². The van der Waals surface area contributed by atoms with Gasteiger partial charge in [-0.15, -0.1) is 0 Å². The first-order valence-electron chi connectivity index (χ1n) is 9.56. The standard InChI is InChI=1S/C23H19N3O3/c27-21-16-7-1-2-8-18(16)26-22(28)20-19(21)17(14-5-3-9-24-12-14)11-23(20,29)15-6-4-10-25-13-15/h1-10,12-13,17,19-20,29H,11H2,(H,26,28). The quantitative estimate of drug-likeness (QED) is 0.708. The van der Waals surface area contributed by atoms with E-state index >= 15 is 0 Å². The Morgan fingerprint density at radius 2 is 1.72 bits per heavy atom. The maximum atomic E-state index is 13.6. The number of para-hydroxylation sites is 1. The molecule has 1 fully saturated rings. The number of fused-ring (bicyclic) bond motifs is 2. The summed E-state index contributed by atoms with van der Waals surface area (Å²) in [4.78, 5) is 35.3. The maximum Gasteiger partial charge on any atom is 0.231 e. The first-order valence-corrected chi connectivity index (χ1v) is 9.56. The molecule has 0 bridgehead atoms. The zero-order valence-corrected chi connectivity index (χ0v) is 15.5. The van der Waals surface area contributed by atoms with Crippen molar-refractivity contribution in [3.63, 3.8) is 0 Å². The van der Waals surface area contributed by atoms with Gasteiger partial charge >= 0.3 is 0 Å². The predicted octanol–water partition coefficient (Wildman–Crippen LogP) is 2.92. The van der Waals surface area contributed by atoms with Gasteiger partial charge in [0.15, 0.2) is 5.78 Å². The molecule has 1 saturated carbocycles. The number of ketones is 1. The van der Waals surface area contributed by atoms with Crippen molar-refractivity contribution >= 4 is 17.4 Å². The first kappa shape index (κ1) is 17.7. The van der Waals surface area contributed by atoms with Gasteiger partial charge in [-0.25, -0.2) is 0 Å². The molecule has 29 heavy (non-hydrogen) atoms. The minimum absolute atomic E-state index is 0.141. The lowest BCUT2D eigenvalue weighted by Gasteiger charge is -2.30. The zero-order chi connectivity index (χ0) is 20.0. The van der Waals surface area contributed by atoms with Crippen LogP contribution in [0.25, 0.3) is 0 Å². The Bertz CT molecular complexity index is 1090. The van der Waals surface area contributed by atoms with Crippen LogP contribution in [0.4, 0.5) is 5.69 Å². The number of aromatic nitrogens is 2. The van der Waals surface area contributed by atoms with Crippen LogP contribution in [0.3, 0.4) is 0 Å². The van der Waals surface area contributed by atoms with Gasteiger partial charge in [-0.2, -0.15) is 0 Å². The monoisotopic (exact) mass is 385 g/mol. The lowest BCUT2D eigenvalue weighted by molar-refractivity contribution is -0.129. The van der Waals surface area contributed by atoms with Gasteiger partial charge < -0.3 is 10.4 Å². The molecule has 1 aromatic carbocycles. The van der Waals surface area contributed by atoms with E-state index in [0.717, 1.165) is 5.56 Å². The number of nitrogens with zero attached hydrogens (tertiary/aromatic N) is 2. The lowest BCUT2D eigenvalue weighted by atomic mass is 9.77. The molecule has 4 atom stereocenters. The normalized spacial score (nSPS) is 28.2. The van der Waals surface area contributed by atoms with Gasteiger partial charge in [0.2, 0.25) is 5.91 Å². The van der Waals surface area contributed by atoms with Gasteiger partial charge in [0.05, 0.1) is 11.6 Å². The minimum atomic E-state index is -1.51. The summed E-state index contributed by atoms with van der Waals surface area (Å²) >= 11 is 0. The van der Waals surface area contributed by atoms with Crippen molar-refractivity contribution in [2.24, 2.45) is 11.8 Å². The Morgan fingerprint density at radius 1 is 0.966 bits per heavy atom. The second kappa shape index (κ2) is 6.60. The van der Waals surface area contributed by atoms with E-state index in [9.17, 15) is 14.7 Å². The molecule has 0 spiro atoms. The third-order valence-corrected chi connectivity index (χ3v) is 6.15. The third kappa shape index (κ3) is 2.68. The predicted molar refractivity (Wildman–Crippen MR) is 106 cm³/mol. The summed E-state index contributed by atoms with van der Waals surface area (Å²) < 4.78 is 0. The Kier molecular flexibility index (Phi) is 4.03. The zero-order valence-electron chi connectivity index (χ0n) is 15.5. The fraction of sp³-hybridized carbons (Fsp3) is 0.217. The van der Waals surface area contributed by atoms with Gasteiger partial charge in [-0.1, -0.05) is 24.3 Å². The van der Waals surface area contributed by atoms with Crippen molar-refractivity contribution in [1.82, 2.24) is 9.97 Å². The fourth-order valence-electron chi connectivity index (χ4n) is 4.87. The van der Waals surface area contributed by atoms with Gasteiger partial charge in [0.1, 0.15) is 5.60 Å². The molecule has 1 amide bonds. The highest BCUT2D eigenvalue weighted by atomic mass is 16.3. The molecule has 2 aromatic heterocycles. The van der Waals surface area contributed by atoms with Crippen LogP contribution in [0.1, 0.15) is 33.8 Å². The summed E-state index contributed by atoms with van der Waals surface area (Å²) in [5, 5.41) is 14.7. The summed E-state index contributed by atoms with van der Waals surface area (Å²) in [5.74, 6) is -2.48. The topological polar surface area (TPSA) is 92.2 Å². The molecule has 1 aliphatic carbocycles. The maximum absolute atomic E-state index is 13.6. The largest absolute Gasteiger partial charge is 0.384 e. The van der Waals surface area contributed by atoms with Crippen LogP contribution in [-0.4, -0.2) is 26.8 Å². The molecule has 1 aliphatic heterocycles. The number of hydrogen-bond donors (Lipinski definition) is 2. The molecule has 5 rings (SSSR count). The molecule has 2 N–H and O–H groups in total. The van der Waals surface area contributed by atoms with Crippen LogP contribution in [0, 0.1) is 11.8 Å². The fourth-order valence-corrected chi connectivity index (χ4v) is 4.87. The molecule has 144 valence electrons. The first-order chi connectivity index (χ1) is 14.1. The van der Waals surface area contributed by atoms with Crippen LogP contribution in [-0.2, 0) is 10.4 Å². The average Bonchev–Trinajstić information content (AvgIpc) is 3.03. The number of benzene rings is 1. The minimum Gasteiger partial charge on any atom is -0.384 e. The molecule has 3 heterocycles. The Balaban J connectivity index is 1.72. The highest BCUT2D eigenvalue weighted by molar-refractivity contribution is 6.12. The highest BCUT2D eigenvalue weighted by Crippen LogP contribution is 2.56. The SMILES string of the molecule is O=C1c2ccccc2NC(=O)C2C1C(c1cccnc1)CC2(O)c1cccnc1. The van der Waals surface area contributed by atoms with Gasteiger partial charge in [-0.3, -0.25) is 19.6 Å². The summed E-state index contributed by atoms with van der Waals surface area (Å²) in [5.41, 5.74) is 0.813. The van der Waals surface area contributed by atoms with E-state index in [-0.39, 0.29) is 24.0 Å². The molecule has 3 aromatic rings. The van der Waals surface area contributed by atoms with Crippen molar-refractivity contribution in [2.45, 2.75) is 17.9 Å². The summed E-state index contributed by atoms with van der Waals surface area (Å²) in [6.45, 7) is 0. The van der Waals surface area contributed by atoms with E-state index in [4.69, 9.17) is 0 Å². The van der Waals surface area contributed by atoms with E-state index in [1.54, 1.807) is 67.3 Å². The van der Waals surface area contributed by atoms with E-state index < -0.39 is 17.4 Å². The lowest BCUT2D eigenvalue weighted by Crippen LogP contribution is -2.41. The number of anilines is 1. The summed E-state index contributed by atoms with van der Waals surface area (Å²) in [7, 11) is 0. The molecule has 6 heteroatoms. The third-order valence-electron chi connectivity index (χ3n) is 6.15. The number of nitrogens with one attached hydrogen (secondary N) is 1. The van der Waals surface area contributed by atoms with Crippen LogP contribution >= 0.6 is 0 Å². The van der Waals surface area contributed by atoms with E-state index in [1.165, 1.54) is 0 Å². The molecule has 0 saturated heterocycles. The molecular formula is C23H19N3O3. The number of pyridine rings is 2. The van der Waals surface area contributed by atoms with Crippen molar-refractivity contribution in [1.29, 1.82) is 0 Å². The second-order valence-corrected chi connectivity index (χ2v) is 7.67. The van der Waals surface area contributed by atoms with Crippen molar-refractivity contribution in [3.05, 3.63) is 90.0 Å². The average molecular weight is 385 g/mol. The highest BCUT2D eigenvalue weighted by Gasteiger charge is 2.60. The molecule has 6 nitrogen and oxygen atoms in total. The number of rotatable bonds is 2. The number of hydrogen-bond acceptors (Lipinski definition) is 5. The van der Waals surface area contributed by atoms with Gasteiger partial charge in [-0.05, 0) is 42.2 Å². The number of carbonyl (C=O) groups excluding carboxylic acids is 2. The molecular weight excluding hydrogens is 366 g/mol. The van der Waals surface area contributed by atoms with Crippen LogP contribution in [0.2, 0.25) is 0 Å². The summed E-state index contributed by atoms with van der Waals surface area (Å²) in [6.07, 6.45) is 6.80. The Morgan fingerprint density at radius 3 is 2.45 bits per heavy atom. The smallest absolute Gasteiger partial charge is 0.231 e. The van der Waals surface area contributed by atoms with E-state index in [1.807, 2.05) is 6.07 Å². The number of aliphatic hydroxyl groups is 1. The van der Waals surface area contributed by atoms with E-state index in [0.29, 0.717) is 16.8 Å². The number of carbonyl (C=O) groups is 2. The number of amides is 1. The Labute approximate surface area is 167 Å².